The van der Waals surface area contributed by atoms with Crippen LogP contribution in [0.3, 0.4) is 0 Å². The average molecular weight is 286 g/mol. The molecular weight excluding hydrogens is 260 g/mol. The van der Waals surface area contributed by atoms with Gasteiger partial charge in [-0.2, -0.15) is 0 Å². The zero-order valence-electron chi connectivity index (χ0n) is 13.3. The summed E-state index contributed by atoms with van der Waals surface area (Å²) >= 11 is 0. The fraction of sp³-hybridized carbons (Fsp3) is 0.611. The minimum atomic E-state index is 0.200. The number of carbonyl (C=O) groups excluding carboxylic acids is 1. The summed E-state index contributed by atoms with van der Waals surface area (Å²) in [7, 11) is 0. The first-order valence-electron chi connectivity index (χ1n) is 8.22. The molecule has 0 spiro atoms. The zero-order chi connectivity index (χ0) is 14.8. The Morgan fingerprint density at radius 2 is 1.90 bits per heavy atom. The van der Waals surface area contributed by atoms with Gasteiger partial charge in [0, 0.05) is 31.7 Å². The van der Waals surface area contributed by atoms with Crippen LogP contribution >= 0.6 is 0 Å². The van der Waals surface area contributed by atoms with Gasteiger partial charge in [0.05, 0.1) is 0 Å². The van der Waals surface area contributed by atoms with Crippen molar-refractivity contribution in [2.24, 2.45) is 5.92 Å². The molecule has 114 valence electrons. The second-order valence-electron chi connectivity index (χ2n) is 6.69. The summed E-state index contributed by atoms with van der Waals surface area (Å²) in [6, 6.07) is 6.06. The van der Waals surface area contributed by atoms with Crippen molar-refractivity contribution in [1.29, 1.82) is 0 Å². The first-order valence-corrected chi connectivity index (χ1v) is 8.22. The molecule has 1 amide bonds. The Morgan fingerprint density at radius 1 is 1.10 bits per heavy atom. The minimum absolute atomic E-state index is 0.200. The summed E-state index contributed by atoms with van der Waals surface area (Å²) in [5.41, 5.74) is 3.29. The van der Waals surface area contributed by atoms with E-state index in [1.807, 2.05) is 17.0 Å². The quantitative estimate of drug-likeness (QED) is 0.853. The Balaban J connectivity index is 1.62. The summed E-state index contributed by atoms with van der Waals surface area (Å²) in [5, 5.41) is 0. The normalized spacial score (nSPS) is 20.4. The predicted octanol–water partition coefficient (Wildman–Crippen LogP) is 2.86. The number of hydrogen-bond donors (Lipinski definition) is 0. The van der Waals surface area contributed by atoms with E-state index in [0.717, 1.165) is 44.1 Å². The van der Waals surface area contributed by atoms with Crippen molar-refractivity contribution in [3.8, 4) is 0 Å². The van der Waals surface area contributed by atoms with E-state index in [1.165, 1.54) is 30.5 Å². The van der Waals surface area contributed by atoms with Crippen LogP contribution in [-0.2, 0) is 0 Å². The summed E-state index contributed by atoms with van der Waals surface area (Å²) in [5.74, 6) is 1.14. The van der Waals surface area contributed by atoms with Crippen molar-refractivity contribution in [1.82, 2.24) is 9.80 Å². The van der Waals surface area contributed by atoms with Gasteiger partial charge in [-0.3, -0.25) is 4.79 Å². The minimum Gasteiger partial charge on any atom is -0.337 e. The molecule has 3 heteroatoms. The second-order valence-corrected chi connectivity index (χ2v) is 6.69. The maximum absolute atomic E-state index is 12.7. The van der Waals surface area contributed by atoms with Crippen LogP contribution in [0.2, 0.25) is 0 Å². The van der Waals surface area contributed by atoms with E-state index >= 15 is 0 Å². The molecule has 0 radical (unpaired) electrons. The Hall–Kier alpha value is -1.35. The van der Waals surface area contributed by atoms with Gasteiger partial charge in [-0.15, -0.1) is 0 Å². The molecule has 3 rings (SSSR count). The monoisotopic (exact) mass is 286 g/mol. The fourth-order valence-electron chi connectivity index (χ4n) is 3.08. The van der Waals surface area contributed by atoms with E-state index in [1.54, 1.807) is 0 Å². The molecule has 1 aliphatic carbocycles. The van der Waals surface area contributed by atoms with Crippen LogP contribution < -0.4 is 0 Å². The molecular formula is C18H26N2O. The van der Waals surface area contributed by atoms with Crippen molar-refractivity contribution in [3.63, 3.8) is 0 Å². The molecule has 0 atom stereocenters. The fourth-order valence-corrected chi connectivity index (χ4v) is 3.08. The van der Waals surface area contributed by atoms with Gasteiger partial charge in [0.25, 0.3) is 5.91 Å². The standard InChI is InChI=1S/C18H26N2O/c1-14-4-7-17(12-15(14)2)18(21)20-9-3-8-19(10-11-20)13-16-5-6-16/h4,7,12,16H,3,5-6,8-11,13H2,1-2H3. The van der Waals surface area contributed by atoms with Crippen LogP contribution in [0.5, 0.6) is 0 Å². The molecule has 2 fully saturated rings. The highest BCUT2D eigenvalue weighted by Crippen LogP contribution is 2.30. The summed E-state index contributed by atoms with van der Waals surface area (Å²) in [6.07, 6.45) is 3.91. The van der Waals surface area contributed by atoms with Crippen LogP contribution in [0.4, 0.5) is 0 Å². The van der Waals surface area contributed by atoms with Crippen LogP contribution in [0.25, 0.3) is 0 Å². The predicted molar refractivity (Wildman–Crippen MR) is 85.6 cm³/mol. The third-order valence-electron chi connectivity index (χ3n) is 4.84. The molecule has 1 aliphatic heterocycles. The molecule has 0 unspecified atom stereocenters. The molecule has 0 bridgehead atoms. The lowest BCUT2D eigenvalue weighted by Crippen LogP contribution is -2.35. The van der Waals surface area contributed by atoms with Crippen molar-refractivity contribution in [3.05, 3.63) is 34.9 Å². The van der Waals surface area contributed by atoms with E-state index in [-0.39, 0.29) is 5.91 Å². The van der Waals surface area contributed by atoms with Gasteiger partial charge in [-0.05, 0) is 68.8 Å². The van der Waals surface area contributed by atoms with E-state index < -0.39 is 0 Å². The highest BCUT2D eigenvalue weighted by atomic mass is 16.2. The molecule has 1 saturated carbocycles. The van der Waals surface area contributed by atoms with Gasteiger partial charge in [0.1, 0.15) is 0 Å². The maximum atomic E-state index is 12.7. The first-order chi connectivity index (χ1) is 10.1. The summed E-state index contributed by atoms with van der Waals surface area (Å²) in [6.45, 7) is 9.36. The van der Waals surface area contributed by atoms with Gasteiger partial charge in [0.2, 0.25) is 0 Å². The molecule has 0 N–H and O–H groups in total. The van der Waals surface area contributed by atoms with Crippen LogP contribution in [0.1, 0.15) is 40.7 Å². The zero-order valence-corrected chi connectivity index (χ0v) is 13.3. The summed E-state index contributed by atoms with van der Waals surface area (Å²) < 4.78 is 0. The molecule has 1 aromatic carbocycles. The van der Waals surface area contributed by atoms with Gasteiger partial charge >= 0.3 is 0 Å². The Labute approximate surface area is 127 Å². The molecule has 1 aromatic rings. The van der Waals surface area contributed by atoms with Crippen LogP contribution in [0, 0.1) is 19.8 Å². The smallest absolute Gasteiger partial charge is 0.253 e. The largest absolute Gasteiger partial charge is 0.337 e. The van der Waals surface area contributed by atoms with Gasteiger partial charge in [-0.25, -0.2) is 0 Å². The number of benzene rings is 1. The number of aryl methyl sites for hydroxylation is 2. The Morgan fingerprint density at radius 3 is 2.62 bits per heavy atom. The highest BCUT2D eigenvalue weighted by Gasteiger charge is 2.26. The van der Waals surface area contributed by atoms with Crippen LogP contribution in [-0.4, -0.2) is 48.4 Å². The number of nitrogens with zero attached hydrogens (tertiary/aromatic N) is 2. The van der Waals surface area contributed by atoms with Crippen molar-refractivity contribution < 1.29 is 4.79 Å². The lowest BCUT2D eigenvalue weighted by Gasteiger charge is -2.22. The number of rotatable bonds is 3. The lowest BCUT2D eigenvalue weighted by atomic mass is 10.1. The first kappa shape index (κ1) is 14.6. The maximum Gasteiger partial charge on any atom is 0.253 e. The third kappa shape index (κ3) is 3.65. The number of amides is 1. The molecule has 0 aromatic heterocycles. The summed E-state index contributed by atoms with van der Waals surface area (Å²) in [4.78, 5) is 17.3. The topological polar surface area (TPSA) is 23.6 Å². The van der Waals surface area contributed by atoms with Crippen molar-refractivity contribution in [2.45, 2.75) is 33.1 Å². The average Bonchev–Trinajstić information content (AvgIpc) is 3.29. The molecule has 21 heavy (non-hydrogen) atoms. The lowest BCUT2D eigenvalue weighted by molar-refractivity contribution is 0.0761. The van der Waals surface area contributed by atoms with Crippen molar-refractivity contribution >= 4 is 5.91 Å². The van der Waals surface area contributed by atoms with E-state index in [2.05, 4.69) is 24.8 Å². The Kier molecular flexibility index (Phi) is 4.29. The third-order valence-corrected chi connectivity index (χ3v) is 4.84. The van der Waals surface area contributed by atoms with E-state index in [9.17, 15) is 4.79 Å². The van der Waals surface area contributed by atoms with E-state index in [4.69, 9.17) is 0 Å². The van der Waals surface area contributed by atoms with Gasteiger partial charge in [-0.1, -0.05) is 6.07 Å². The SMILES string of the molecule is Cc1ccc(C(=O)N2CCCN(CC3CC3)CC2)cc1C. The van der Waals surface area contributed by atoms with Crippen molar-refractivity contribution in [2.75, 3.05) is 32.7 Å². The highest BCUT2D eigenvalue weighted by molar-refractivity contribution is 5.94. The van der Waals surface area contributed by atoms with Crippen LogP contribution in [0.15, 0.2) is 18.2 Å². The molecule has 1 heterocycles. The second kappa shape index (κ2) is 6.18. The number of hydrogen-bond acceptors (Lipinski definition) is 2. The van der Waals surface area contributed by atoms with Gasteiger partial charge in [0.15, 0.2) is 0 Å². The molecule has 3 nitrogen and oxygen atoms in total. The number of carbonyl (C=O) groups is 1. The van der Waals surface area contributed by atoms with Gasteiger partial charge < -0.3 is 9.80 Å². The molecule has 1 saturated heterocycles. The Bertz CT molecular complexity index is 522. The van der Waals surface area contributed by atoms with E-state index in [0.29, 0.717) is 0 Å². The molecule has 2 aliphatic rings.